The Morgan fingerprint density at radius 2 is 1.79 bits per heavy atom. The molecule has 0 bridgehead atoms. The Kier molecular flexibility index (Phi) is 5.15. The first kappa shape index (κ1) is 17.5. The van der Waals surface area contributed by atoms with Gasteiger partial charge in [-0.15, -0.1) is 0 Å². The molecule has 0 spiro atoms. The minimum absolute atomic E-state index is 0.116. The molecule has 0 saturated carbocycles. The van der Waals surface area contributed by atoms with Crippen molar-refractivity contribution >= 4 is 5.97 Å². The Balaban J connectivity index is 1.54. The van der Waals surface area contributed by atoms with Gasteiger partial charge >= 0.3 is 11.9 Å². The van der Waals surface area contributed by atoms with Gasteiger partial charge in [-0.25, -0.2) is 14.5 Å². The Bertz CT molecular complexity index is 1030. The van der Waals surface area contributed by atoms with Crippen molar-refractivity contribution < 1.29 is 18.7 Å². The molecular weight excluding hydrogens is 358 g/mol. The number of esters is 1. The average molecular weight is 375 g/mol. The van der Waals surface area contributed by atoms with Crippen molar-refractivity contribution in [2.45, 2.75) is 6.54 Å². The van der Waals surface area contributed by atoms with E-state index in [-0.39, 0.29) is 5.89 Å². The highest BCUT2D eigenvalue weighted by Gasteiger charge is 2.18. The highest BCUT2D eigenvalue weighted by molar-refractivity contribution is 5.86. The number of rotatable bonds is 7. The molecule has 7 nitrogen and oxygen atoms in total. The summed E-state index contributed by atoms with van der Waals surface area (Å²) < 4.78 is 17.8. The first-order chi connectivity index (χ1) is 13.8. The normalized spacial score (nSPS) is 10.6. The van der Waals surface area contributed by atoms with E-state index >= 15 is 0 Å². The molecule has 2 aromatic carbocycles. The predicted molar refractivity (Wildman–Crippen MR) is 101 cm³/mol. The number of aromatic nitrogens is 3. The van der Waals surface area contributed by atoms with Crippen LogP contribution in [0.5, 0.6) is 11.6 Å². The summed E-state index contributed by atoms with van der Waals surface area (Å²) in [6, 6.07) is 20.8. The quantitative estimate of drug-likeness (QED) is 0.457. The first-order valence-corrected chi connectivity index (χ1v) is 8.72. The highest BCUT2D eigenvalue weighted by atomic mass is 16.6. The number of nitrogens with zero attached hydrogens (tertiary/aromatic N) is 3. The van der Waals surface area contributed by atoms with Gasteiger partial charge < -0.3 is 13.9 Å². The number of para-hydroxylation sites is 1. The van der Waals surface area contributed by atoms with E-state index in [0.29, 0.717) is 24.7 Å². The summed E-state index contributed by atoms with van der Waals surface area (Å²) in [4.78, 5) is 16.0. The third-order valence-electron chi connectivity index (χ3n) is 3.93. The molecule has 0 aliphatic rings. The zero-order chi connectivity index (χ0) is 19.2. The maximum absolute atomic E-state index is 12.2. The zero-order valence-electron chi connectivity index (χ0n) is 14.9. The van der Waals surface area contributed by atoms with Crippen LogP contribution < -0.4 is 9.47 Å². The van der Waals surface area contributed by atoms with Gasteiger partial charge in [-0.2, -0.15) is 5.10 Å². The van der Waals surface area contributed by atoms with Crippen LogP contribution in [0.1, 0.15) is 10.7 Å². The molecule has 2 heterocycles. The van der Waals surface area contributed by atoms with Gasteiger partial charge in [0.25, 0.3) is 0 Å². The number of hydrogen-bond donors (Lipinski definition) is 0. The Morgan fingerprint density at radius 1 is 1.04 bits per heavy atom. The molecule has 0 fully saturated rings. The lowest BCUT2D eigenvalue weighted by Crippen LogP contribution is -2.15. The van der Waals surface area contributed by atoms with Crippen molar-refractivity contribution in [1.29, 1.82) is 0 Å². The summed E-state index contributed by atoms with van der Waals surface area (Å²) in [6.45, 7) is 0.763. The van der Waals surface area contributed by atoms with Crippen LogP contribution in [0.4, 0.5) is 0 Å². The summed E-state index contributed by atoms with van der Waals surface area (Å²) in [6.07, 6.45) is 2.70. The van der Waals surface area contributed by atoms with Crippen LogP contribution in [0.3, 0.4) is 0 Å². The molecule has 0 radical (unpaired) electrons. The van der Waals surface area contributed by atoms with Crippen molar-refractivity contribution in [2.24, 2.45) is 0 Å². The summed E-state index contributed by atoms with van der Waals surface area (Å²) in [7, 11) is 0. The molecule has 4 aromatic rings. The van der Waals surface area contributed by atoms with Crippen LogP contribution in [0.25, 0.3) is 11.3 Å². The average Bonchev–Trinajstić information content (AvgIpc) is 3.40. The molecule has 0 atom stereocenters. The van der Waals surface area contributed by atoms with E-state index in [4.69, 9.17) is 13.9 Å². The van der Waals surface area contributed by atoms with Crippen LogP contribution >= 0.6 is 0 Å². The second kappa shape index (κ2) is 8.22. The lowest BCUT2D eigenvalue weighted by atomic mass is 10.2. The van der Waals surface area contributed by atoms with Gasteiger partial charge in [0.15, 0.2) is 0 Å². The Labute approximate surface area is 161 Å². The van der Waals surface area contributed by atoms with Crippen LogP contribution in [0.15, 0.2) is 83.6 Å². The number of carbonyl (C=O) groups excluding carboxylic acids is 1. The molecule has 140 valence electrons. The molecule has 4 rings (SSSR count). The summed E-state index contributed by atoms with van der Waals surface area (Å²) in [5, 5.41) is 4.55. The number of ether oxygens (including phenoxy) is 2. The monoisotopic (exact) mass is 375 g/mol. The van der Waals surface area contributed by atoms with E-state index in [1.54, 1.807) is 10.7 Å². The third kappa shape index (κ3) is 4.09. The minimum atomic E-state index is -0.685. The number of carbonyl (C=O) groups is 1. The second-order valence-electron chi connectivity index (χ2n) is 5.85. The van der Waals surface area contributed by atoms with E-state index in [9.17, 15) is 4.79 Å². The molecule has 0 aliphatic heterocycles. The van der Waals surface area contributed by atoms with Gasteiger partial charge in [0.2, 0.25) is 5.88 Å². The predicted octanol–water partition coefficient (Wildman–Crippen LogP) is 3.84. The number of benzene rings is 2. The zero-order valence-corrected chi connectivity index (χ0v) is 14.9. The lowest BCUT2D eigenvalue weighted by molar-refractivity contribution is 0.0674. The largest absolute Gasteiger partial charge is 0.492 e. The SMILES string of the molecule is O=C(Oc1cc(-c2ccccc2)nn1CCOc1ccccc1)c1ncco1. The number of hydrogen-bond acceptors (Lipinski definition) is 6. The maximum atomic E-state index is 12.2. The minimum Gasteiger partial charge on any atom is -0.492 e. The van der Waals surface area contributed by atoms with Crippen LogP contribution in [0.2, 0.25) is 0 Å². The van der Waals surface area contributed by atoms with Crippen LogP contribution in [0, 0.1) is 0 Å². The standard InChI is InChI=1S/C21H17N3O4/c25-21(20-22-11-13-27-20)28-19-15-18(16-7-3-1-4-8-16)23-24(19)12-14-26-17-9-5-2-6-10-17/h1-11,13,15H,12,14H2. The van der Waals surface area contributed by atoms with Crippen LogP contribution in [-0.2, 0) is 6.54 Å². The van der Waals surface area contributed by atoms with Gasteiger partial charge in [-0.1, -0.05) is 48.5 Å². The van der Waals surface area contributed by atoms with Crippen molar-refractivity contribution in [1.82, 2.24) is 14.8 Å². The molecule has 0 saturated heterocycles. The number of oxazole rings is 1. The fourth-order valence-corrected chi connectivity index (χ4v) is 2.62. The van der Waals surface area contributed by atoms with Crippen molar-refractivity contribution in [3.63, 3.8) is 0 Å². The van der Waals surface area contributed by atoms with Gasteiger partial charge in [-0.05, 0) is 12.1 Å². The molecule has 0 amide bonds. The Hall–Kier alpha value is -3.87. The van der Waals surface area contributed by atoms with E-state index in [2.05, 4.69) is 10.1 Å². The van der Waals surface area contributed by atoms with Gasteiger partial charge in [0.05, 0.1) is 18.4 Å². The molecule has 28 heavy (non-hydrogen) atoms. The topological polar surface area (TPSA) is 79.4 Å². The summed E-state index contributed by atoms with van der Waals surface area (Å²) >= 11 is 0. The molecule has 0 N–H and O–H groups in total. The molecule has 0 aliphatic carbocycles. The van der Waals surface area contributed by atoms with Crippen molar-refractivity contribution in [3.05, 3.63) is 85.1 Å². The van der Waals surface area contributed by atoms with Gasteiger partial charge in [-0.3, -0.25) is 0 Å². The smallest absolute Gasteiger partial charge is 0.401 e. The highest BCUT2D eigenvalue weighted by Crippen LogP contribution is 2.24. The first-order valence-electron chi connectivity index (χ1n) is 8.72. The van der Waals surface area contributed by atoms with Crippen LogP contribution in [-0.4, -0.2) is 27.3 Å². The third-order valence-corrected chi connectivity index (χ3v) is 3.93. The molecule has 2 aromatic heterocycles. The van der Waals surface area contributed by atoms with Crippen molar-refractivity contribution in [3.8, 4) is 22.9 Å². The van der Waals surface area contributed by atoms with Gasteiger partial charge in [0, 0.05) is 11.6 Å². The fourth-order valence-electron chi connectivity index (χ4n) is 2.62. The van der Waals surface area contributed by atoms with E-state index in [1.807, 2.05) is 60.7 Å². The van der Waals surface area contributed by atoms with E-state index in [0.717, 1.165) is 11.3 Å². The second-order valence-corrected chi connectivity index (χ2v) is 5.85. The maximum Gasteiger partial charge on any atom is 0.401 e. The van der Waals surface area contributed by atoms with E-state index in [1.165, 1.54) is 12.5 Å². The fraction of sp³-hybridized carbons (Fsp3) is 0.0952. The summed E-state index contributed by atoms with van der Waals surface area (Å²) in [5.74, 6) is 0.249. The van der Waals surface area contributed by atoms with Gasteiger partial charge in [0.1, 0.15) is 18.6 Å². The molecule has 7 heteroatoms. The Morgan fingerprint density at radius 3 is 2.50 bits per heavy atom. The molecular formula is C21H17N3O4. The van der Waals surface area contributed by atoms with E-state index < -0.39 is 5.97 Å². The van der Waals surface area contributed by atoms with Crippen molar-refractivity contribution in [2.75, 3.05) is 6.61 Å². The molecule has 0 unspecified atom stereocenters. The summed E-state index contributed by atoms with van der Waals surface area (Å²) in [5.41, 5.74) is 1.61. The lowest BCUT2D eigenvalue weighted by Gasteiger charge is -2.08.